The number of aromatic nitrogens is 6. The van der Waals surface area contributed by atoms with E-state index in [9.17, 15) is 4.39 Å². The van der Waals surface area contributed by atoms with E-state index in [-0.39, 0.29) is 11.2 Å². The molecule has 8 heteroatoms. The van der Waals surface area contributed by atoms with Gasteiger partial charge in [-0.25, -0.2) is 14.4 Å². The lowest BCUT2D eigenvalue weighted by atomic mass is 9.91. The quantitative estimate of drug-likeness (QED) is 0.178. The summed E-state index contributed by atoms with van der Waals surface area (Å²) in [6.07, 6.45) is 10.1. The molecule has 0 aliphatic rings. The van der Waals surface area contributed by atoms with Crippen LogP contribution in [0.3, 0.4) is 0 Å². The summed E-state index contributed by atoms with van der Waals surface area (Å²) < 4.78 is 13.5. The molecule has 0 aliphatic heterocycles. The van der Waals surface area contributed by atoms with Crippen LogP contribution in [0.2, 0.25) is 0 Å². The molecule has 0 radical (unpaired) electrons. The van der Waals surface area contributed by atoms with Crippen molar-refractivity contribution in [2.45, 2.75) is 34.1 Å². The molecule has 0 bridgehead atoms. The van der Waals surface area contributed by atoms with Crippen molar-refractivity contribution in [1.82, 2.24) is 35.5 Å². The Kier molecular flexibility index (Phi) is 7.17. The Labute approximate surface area is 232 Å². The maximum atomic E-state index is 13.5. The van der Waals surface area contributed by atoms with Gasteiger partial charge in [-0.2, -0.15) is 5.10 Å². The highest BCUT2D eigenvalue weighted by Gasteiger charge is 2.18. The minimum absolute atomic E-state index is 0.122. The first-order chi connectivity index (χ1) is 19.1. The molecule has 7 nitrogen and oxygen atoms in total. The zero-order chi connectivity index (χ0) is 28.4. The number of hydrogen-bond donors (Lipinski definition) is 3. The van der Waals surface area contributed by atoms with Crippen LogP contribution >= 0.6 is 0 Å². The van der Waals surface area contributed by atoms with Crippen LogP contribution < -0.4 is 5.32 Å². The SMILES string of the molecule is C=C/C(=C\C(=C/C)c1ccc2[nH]nc(-c3nc4c(-c5ccc(F)cc5)cncc4[nH]3)c2n1)NC(=C)CC(C)(C)C. The maximum absolute atomic E-state index is 13.5. The first-order valence-corrected chi connectivity index (χ1v) is 13.1. The zero-order valence-electron chi connectivity index (χ0n) is 23.1. The van der Waals surface area contributed by atoms with Gasteiger partial charge in [0.2, 0.25) is 0 Å². The van der Waals surface area contributed by atoms with Crippen LogP contribution in [0.5, 0.6) is 0 Å². The second-order valence-corrected chi connectivity index (χ2v) is 10.9. The third-order valence-electron chi connectivity index (χ3n) is 6.38. The van der Waals surface area contributed by atoms with Crippen LogP contribution in [-0.2, 0) is 0 Å². The largest absolute Gasteiger partial charge is 0.359 e. The molecule has 5 rings (SSSR count). The standard InChI is InChI=1S/C32H32FN7/c1-7-20(15-23(8-2)35-19(3)16-32(4,5)6)25-13-14-26-29(36-25)30(40-39-26)31-37-27-18-34-17-24(28(27)38-31)21-9-11-22(33)12-10-21/h7-15,17-18,35H,2-3,16H2,1,4-6H3,(H,37,38)(H,39,40)/b20-7+,23-15+. The first-order valence-electron chi connectivity index (χ1n) is 13.1. The molecule has 0 fully saturated rings. The van der Waals surface area contributed by atoms with Crippen molar-refractivity contribution in [3.8, 4) is 22.6 Å². The third kappa shape index (κ3) is 5.61. The van der Waals surface area contributed by atoms with Crippen molar-refractivity contribution in [3.05, 3.63) is 103 Å². The van der Waals surface area contributed by atoms with Crippen LogP contribution in [0, 0.1) is 11.2 Å². The van der Waals surface area contributed by atoms with E-state index < -0.39 is 0 Å². The van der Waals surface area contributed by atoms with E-state index >= 15 is 0 Å². The van der Waals surface area contributed by atoms with Gasteiger partial charge in [0.1, 0.15) is 11.3 Å². The van der Waals surface area contributed by atoms with Crippen molar-refractivity contribution < 1.29 is 4.39 Å². The number of aromatic amines is 2. The van der Waals surface area contributed by atoms with Crippen LogP contribution in [0.1, 0.15) is 39.8 Å². The second-order valence-electron chi connectivity index (χ2n) is 10.9. The number of H-pyrrole nitrogens is 2. The van der Waals surface area contributed by atoms with Gasteiger partial charge in [-0.3, -0.25) is 10.1 Å². The summed E-state index contributed by atoms with van der Waals surface area (Å²) in [4.78, 5) is 17.5. The number of rotatable bonds is 8. The fourth-order valence-electron chi connectivity index (χ4n) is 4.62. The van der Waals surface area contributed by atoms with Gasteiger partial charge in [-0.1, -0.05) is 52.1 Å². The molecule has 0 spiro atoms. The zero-order valence-corrected chi connectivity index (χ0v) is 23.1. The number of nitrogens with zero attached hydrogens (tertiary/aromatic N) is 4. The van der Waals surface area contributed by atoms with Crippen molar-refractivity contribution in [2.24, 2.45) is 5.41 Å². The molecule has 0 aliphatic carbocycles. The van der Waals surface area contributed by atoms with Crippen LogP contribution in [0.25, 0.3) is 50.3 Å². The first kappa shape index (κ1) is 26.7. The number of benzene rings is 1. The van der Waals surface area contributed by atoms with E-state index in [1.807, 2.05) is 31.2 Å². The summed E-state index contributed by atoms with van der Waals surface area (Å²) in [7, 11) is 0. The summed E-state index contributed by atoms with van der Waals surface area (Å²) >= 11 is 0. The number of allylic oxidation sites excluding steroid dienone is 5. The van der Waals surface area contributed by atoms with Gasteiger partial charge < -0.3 is 10.3 Å². The number of fused-ring (bicyclic) bond motifs is 2. The minimum Gasteiger partial charge on any atom is -0.359 e. The molecule has 0 saturated carbocycles. The highest BCUT2D eigenvalue weighted by molar-refractivity contribution is 5.95. The molecule has 5 aromatic rings. The Bertz CT molecular complexity index is 1780. The summed E-state index contributed by atoms with van der Waals surface area (Å²) in [5, 5.41) is 11.0. The van der Waals surface area contributed by atoms with E-state index in [0.29, 0.717) is 17.0 Å². The number of halogens is 1. The lowest BCUT2D eigenvalue weighted by molar-refractivity contribution is 0.403. The Morgan fingerprint density at radius 3 is 2.50 bits per heavy atom. The second kappa shape index (κ2) is 10.7. The van der Waals surface area contributed by atoms with Crippen molar-refractivity contribution in [1.29, 1.82) is 0 Å². The fraction of sp³-hybridized carbons (Fsp3) is 0.188. The lowest BCUT2D eigenvalue weighted by Crippen LogP contribution is -2.16. The average molecular weight is 534 g/mol. The molecular formula is C32H32FN7. The predicted molar refractivity (Wildman–Crippen MR) is 160 cm³/mol. The normalized spacial score (nSPS) is 12.7. The van der Waals surface area contributed by atoms with Crippen molar-refractivity contribution >= 4 is 27.6 Å². The smallest absolute Gasteiger partial charge is 0.161 e. The summed E-state index contributed by atoms with van der Waals surface area (Å²) in [6, 6.07) is 10.2. The Morgan fingerprint density at radius 1 is 1.02 bits per heavy atom. The van der Waals surface area contributed by atoms with Gasteiger partial charge in [-0.05, 0) is 66.3 Å². The molecule has 4 aromatic heterocycles. The molecule has 3 N–H and O–H groups in total. The summed E-state index contributed by atoms with van der Waals surface area (Å²) in [5.74, 6) is 0.268. The van der Waals surface area contributed by atoms with Crippen molar-refractivity contribution in [2.75, 3.05) is 0 Å². The molecule has 1 aromatic carbocycles. The number of imidazole rings is 1. The molecular weight excluding hydrogens is 501 g/mol. The van der Waals surface area contributed by atoms with E-state index in [2.05, 4.69) is 59.4 Å². The Morgan fingerprint density at radius 2 is 1.80 bits per heavy atom. The summed E-state index contributed by atoms with van der Waals surface area (Å²) in [6.45, 7) is 16.7. The van der Waals surface area contributed by atoms with Gasteiger partial charge in [0, 0.05) is 23.2 Å². The topological polar surface area (TPSA) is 95.2 Å². The van der Waals surface area contributed by atoms with Gasteiger partial charge in [-0.15, -0.1) is 0 Å². The molecule has 40 heavy (non-hydrogen) atoms. The monoisotopic (exact) mass is 533 g/mol. The maximum Gasteiger partial charge on any atom is 0.161 e. The fourth-order valence-corrected chi connectivity index (χ4v) is 4.62. The highest BCUT2D eigenvalue weighted by Crippen LogP contribution is 2.31. The van der Waals surface area contributed by atoms with Crippen LogP contribution in [0.4, 0.5) is 4.39 Å². The van der Waals surface area contributed by atoms with E-state index in [1.165, 1.54) is 12.1 Å². The Balaban J connectivity index is 1.51. The average Bonchev–Trinajstić information content (AvgIpc) is 3.54. The van der Waals surface area contributed by atoms with Gasteiger partial charge in [0.05, 0.1) is 28.4 Å². The third-order valence-corrected chi connectivity index (χ3v) is 6.38. The number of pyridine rings is 2. The Hall–Kier alpha value is -4.85. The number of nitrogens with one attached hydrogen (secondary N) is 3. The summed E-state index contributed by atoms with van der Waals surface area (Å²) in [5.41, 5.74) is 8.76. The van der Waals surface area contributed by atoms with Gasteiger partial charge >= 0.3 is 0 Å². The van der Waals surface area contributed by atoms with Crippen molar-refractivity contribution in [3.63, 3.8) is 0 Å². The van der Waals surface area contributed by atoms with Gasteiger partial charge in [0.15, 0.2) is 11.5 Å². The lowest BCUT2D eigenvalue weighted by Gasteiger charge is -2.21. The van der Waals surface area contributed by atoms with Gasteiger partial charge in [0.25, 0.3) is 0 Å². The molecule has 0 atom stereocenters. The molecule has 4 heterocycles. The highest BCUT2D eigenvalue weighted by atomic mass is 19.1. The number of hydrogen-bond acceptors (Lipinski definition) is 5. The van der Waals surface area contributed by atoms with E-state index in [0.717, 1.165) is 56.8 Å². The van der Waals surface area contributed by atoms with E-state index in [1.54, 1.807) is 30.6 Å². The molecule has 0 saturated heterocycles. The predicted octanol–water partition coefficient (Wildman–Crippen LogP) is 7.72. The molecule has 202 valence electrons. The molecule has 0 amide bonds. The van der Waals surface area contributed by atoms with Crippen LogP contribution in [0.15, 0.2) is 91.6 Å². The van der Waals surface area contributed by atoms with E-state index in [4.69, 9.17) is 9.97 Å². The van der Waals surface area contributed by atoms with Crippen LogP contribution in [-0.4, -0.2) is 30.1 Å². The molecule has 0 unspecified atom stereocenters. The minimum atomic E-state index is -0.294.